The van der Waals surface area contributed by atoms with Gasteiger partial charge < -0.3 is 19.7 Å². The van der Waals surface area contributed by atoms with Gasteiger partial charge in [0.05, 0.1) is 6.10 Å². The van der Waals surface area contributed by atoms with E-state index < -0.39 is 5.97 Å². The number of aromatic nitrogens is 1. The summed E-state index contributed by atoms with van der Waals surface area (Å²) in [6, 6.07) is 3.22. The molecule has 1 aromatic rings. The van der Waals surface area contributed by atoms with Crippen LogP contribution >= 0.6 is 0 Å². The minimum atomic E-state index is -1.03. The number of hydrogen-bond donors (Lipinski definition) is 2. The zero-order valence-corrected chi connectivity index (χ0v) is 10.8. The van der Waals surface area contributed by atoms with Crippen LogP contribution in [0.3, 0.4) is 0 Å². The molecule has 0 aromatic carbocycles. The van der Waals surface area contributed by atoms with E-state index in [0.717, 1.165) is 19.3 Å². The van der Waals surface area contributed by atoms with Gasteiger partial charge >= 0.3 is 5.97 Å². The van der Waals surface area contributed by atoms with Crippen LogP contribution in [0.5, 0.6) is 0 Å². The van der Waals surface area contributed by atoms with Crippen LogP contribution < -0.4 is 5.32 Å². The van der Waals surface area contributed by atoms with E-state index in [1.807, 2.05) is 0 Å². The number of rotatable bonds is 5. The van der Waals surface area contributed by atoms with E-state index in [4.69, 9.17) is 9.84 Å². The number of amides is 1. The van der Waals surface area contributed by atoms with Gasteiger partial charge in [-0.15, -0.1) is 0 Å². The molecule has 2 N–H and O–H groups in total. The van der Waals surface area contributed by atoms with Crippen LogP contribution in [0.15, 0.2) is 18.3 Å². The number of ether oxygens (including phenoxy) is 1. The molecule has 6 heteroatoms. The first-order chi connectivity index (χ1) is 9.10. The van der Waals surface area contributed by atoms with Gasteiger partial charge in [0.2, 0.25) is 5.91 Å². The molecule has 1 saturated carbocycles. The second kappa shape index (κ2) is 5.88. The summed E-state index contributed by atoms with van der Waals surface area (Å²) in [5.41, 5.74) is 0.122. The van der Waals surface area contributed by atoms with Gasteiger partial charge in [-0.1, -0.05) is 0 Å². The Hall–Kier alpha value is -1.82. The van der Waals surface area contributed by atoms with Crippen LogP contribution in [0.1, 0.15) is 29.8 Å². The minimum Gasteiger partial charge on any atom is -0.477 e. The fraction of sp³-hybridized carbons (Fsp3) is 0.538. The zero-order valence-electron chi connectivity index (χ0n) is 10.8. The summed E-state index contributed by atoms with van der Waals surface area (Å²) in [5.74, 6) is -1.20. The summed E-state index contributed by atoms with van der Waals surface area (Å²) in [5, 5.41) is 11.9. The van der Waals surface area contributed by atoms with Crippen LogP contribution in [0.25, 0.3) is 0 Å². The lowest BCUT2D eigenvalue weighted by Crippen LogP contribution is -2.36. The molecule has 104 valence electrons. The fourth-order valence-corrected chi connectivity index (χ4v) is 2.46. The maximum absolute atomic E-state index is 11.9. The number of carbonyl (C=O) groups is 2. The number of carboxylic acids is 1. The normalized spacial score (nSPS) is 22.4. The molecule has 0 bridgehead atoms. The smallest absolute Gasteiger partial charge is 0.352 e. The van der Waals surface area contributed by atoms with Gasteiger partial charge in [0.25, 0.3) is 0 Å². The first kappa shape index (κ1) is 13.6. The lowest BCUT2D eigenvalue weighted by molar-refractivity contribution is -0.122. The molecule has 0 aliphatic heterocycles. The quantitative estimate of drug-likeness (QED) is 0.828. The molecule has 1 aromatic heterocycles. The third kappa shape index (κ3) is 3.35. The third-order valence-corrected chi connectivity index (χ3v) is 3.45. The number of methoxy groups -OCH3 is 1. The molecule has 1 aliphatic carbocycles. The summed E-state index contributed by atoms with van der Waals surface area (Å²) in [4.78, 5) is 22.8. The summed E-state index contributed by atoms with van der Waals surface area (Å²) in [7, 11) is 1.67. The predicted molar refractivity (Wildman–Crippen MR) is 68.0 cm³/mol. The topological polar surface area (TPSA) is 80.6 Å². The number of aromatic carboxylic acids is 1. The van der Waals surface area contributed by atoms with Gasteiger partial charge in [-0.05, 0) is 31.4 Å². The summed E-state index contributed by atoms with van der Waals surface area (Å²) < 4.78 is 6.68. The third-order valence-electron chi connectivity index (χ3n) is 3.45. The Balaban J connectivity index is 1.88. The van der Waals surface area contributed by atoms with Crippen molar-refractivity contribution in [3.63, 3.8) is 0 Å². The van der Waals surface area contributed by atoms with Crippen LogP contribution in [0, 0.1) is 0 Å². The van der Waals surface area contributed by atoms with Crippen molar-refractivity contribution >= 4 is 11.9 Å². The van der Waals surface area contributed by atoms with Crippen LogP contribution in [0.4, 0.5) is 0 Å². The average Bonchev–Trinajstić information content (AvgIpc) is 2.97. The monoisotopic (exact) mass is 266 g/mol. The highest BCUT2D eigenvalue weighted by Gasteiger charge is 2.25. The molecule has 1 amide bonds. The van der Waals surface area contributed by atoms with Crippen molar-refractivity contribution in [2.24, 2.45) is 0 Å². The molecule has 2 rings (SSSR count). The minimum absolute atomic E-state index is 0.0305. The molecule has 0 saturated heterocycles. The van der Waals surface area contributed by atoms with Gasteiger partial charge in [-0.2, -0.15) is 0 Å². The molecular weight excluding hydrogens is 248 g/mol. The van der Waals surface area contributed by atoms with Crippen molar-refractivity contribution in [2.45, 2.75) is 38.0 Å². The summed E-state index contributed by atoms with van der Waals surface area (Å²) >= 11 is 0. The highest BCUT2D eigenvalue weighted by molar-refractivity contribution is 5.86. The summed E-state index contributed by atoms with van der Waals surface area (Å²) in [6.07, 6.45) is 4.48. The largest absolute Gasteiger partial charge is 0.477 e. The maximum Gasteiger partial charge on any atom is 0.352 e. The van der Waals surface area contributed by atoms with Gasteiger partial charge in [0.1, 0.15) is 12.2 Å². The lowest BCUT2D eigenvalue weighted by Gasteiger charge is -2.14. The van der Waals surface area contributed by atoms with Gasteiger partial charge in [-0.25, -0.2) is 4.79 Å². The van der Waals surface area contributed by atoms with Gasteiger partial charge in [0.15, 0.2) is 0 Å². The van der Waals surface area contributed by atoms with Crippen molar-refractivity contribution in [2.75, 3.05) is 7.11 Å². The summed E-state index contributed by atoms with van der Waals surface area (Å²) in [6.45, 7) is 0.0305. The molecule has 1 fully saturated rings. The van der Waals surface area contributed by atoms with E-state index in [0.29, 0.717) is 0 Å². The Morgan fingerprint density at radius 2 is 2.32 bits per heavy atom. The molecular formula is C13H18N2O4. The molecule has 2 atom stereocenters. The first-order valence-electron chi connectivity index (χ1n) is 6.30. The van der Waals surface area contributed by atoms with Crippen LogP contribution in [-0.2, 0) is 16.1 Å². The van der Waals surface area contributed by atoms with Crippen LogP contribution in [-0.4, -0.2) is 40.8 Å². The Morgan fingerprint density at radius 1 is 1.53 bits per heavy atom. The molecule has 0 spiro atoms. The van der Waals surface area contributed by atoms with Crippen molar-refractivity contribution in [1.29, 1.82) is 0 Å². The Morgan fingerprint density at radius 3 is 2.95 bits per heavy atom. The Labute approximate surface area is 111 Å². The highest BCUT2D eigenvalue weighted by Crippen LogP contribution is 2.21. The number of nitrogens with zero attached hydrogens (tertiary/aromatic N) is 1. The second-order valence-electron chi connectivity index (χ2n) is 4.76. The van der Waals surface area contributed by atoms with E-state index in [-0.39, 0.29) is 30.3 Å². The molecule has 0 radical (unpaired) electrons. The van der Waals surface area contributed by atoms with Gasteiger partial charge in [-0.3, -0.25) is 4.79 Å². The Kier molecular flexibility index (Phi) is 4.21. The standard InChI is InChI=1S/C13H18N2O4/c1-19-10-5-4-9(7-10)14-12(16)8-15-6-2-3-11(15)13(17)18/h2-3,6,9-10H,4-5,7-8H2,1H3,(H,14,16)(H,17,18). The Bertz CT molecular complexity index is 469. The second-order valence-corrected chi connectivity index (χ2v) is 4.76. The number of hydrogen-bond acceptors (Lipinski definition) is 3. The highest BCUT2D eigenvalue weighted by atomic mass is 16.5. The number of nitrogens with one attached hydrogen (secondary N) is 1. The van der Waals surface area contributed by atoms with Crippen molar-refractivity contribution < 1.29 is 19.4 Å². The predicted octanol–water partition coefficient (Wildman–Crippen LogP) is 0.870. The van der Waals surface area contributed by atoms with E-state index in [2.05, 4.69) is 5.32 Å². The fourth-order valence-electron chi connectivity index (χ4n) is 2.46. The molecule has 1 heterocycles. The molecule has 6 nitrogen and oxygen atoms in total. The lowest BCUT2D eigenvalue weighted by atomic mass is 10.2. The van der Waals surface area contributed by atoms with Crippen LogP contribution in [0.2, 0.25) is 0 Å². The zero-order chi connectivity index (χ0) is 13.8. The first-order valence-corrected chi connectivity index (χ1v) is 6.30. The molecule has 1 aliphatic rings. The SMILES string of the molecule is COC1CCC(NC(=O)Cn2cccc2C(=O)O)C1. The van der Waals surface area contributed by atoms with E-state index in [1.54, 1.807) is 19.4 Å². The maximum atomic E-state index is 11.9. The average molecular weight is 266 g/mol. The van der Waals surface area contributed by atoms with E-state index in [1.165, 1.54) is 10.6 Å². The molecule has 19 heavy (non-hydrogen) atoms. The van der Waals surface area contributed by atoms with Crippen molar-refractivity contribution in [3.8, 4) is 0 Å². The van der Waals surface area contributed by atoms with Gasteiger partial charge in [0, 0.05) is 19.3 Å². The van der Waals surface area contributed by atoms with E-state index >= 15 is 0 Å². The number of carbonyl (C=O) groups excluding carboxylic acids is 1. The molecule has 2 unspecified atom stereocenters. The van der Waals surface area contributed by atoms with Crippen molar-refractivity contribution in [1.82, 2.24) is 9.88 Å². The van der Waals surface area contributed by atoms with E-state index in [9.17, 15) is 9.59 Å². The van der Waals surface area contributed by atoms with Crippen molar-refractivity contribution in [3.05, 3.63) is 24.0 Å². The number of carboxylic acid groups (broad SMARTS) is 1.